The molecule has 2 rings (SSSR count). The highest BCUT2D eigenvalue weighted by Crippen LogP contribution is 2.40. The number of carboxylic acid groups (broad SMARTS) is 1. The van der Waals surface area contributed by atoms with Crippen molar-refractivity contribution in [1.29, 1.82) is 0 Å². The summed E-state index contributed by atoms with van der Waals surface area (Å²) in [5, 5.41) is 12.7. The summed E-state index contributed by atoms with van der Waals surface area (Å²) in [7, 11) is 0. The lowest BCUT2D eigenvalue weighted by Crippen LogP contribution is -2.55. The molecule has 1 saturated heterocycles. The van der Waals surface area contributed by atoms with Crippen molar-refractivity contribution < 1.29 is 24.2 Å². The Morgan fingerprint density at radius 3 is 2.54 bits per heavy atom. The fraction of sp³-hybridized carbons (Fsp3) is 0.842. The van der Waals surface area contributed by atoms with Crippen LogP contribution in [0.5, 0.6) is 0 Å². The van der Waals surface area contributed by atoms with E-state index in [-0.39, 0.29) is 23.8 Å². The number of amides is 1. The summed E-state index contributed by atoms with van der Waals surface area (Å²) in [6, 6.07) is -1.92. The molecule has 1 saturated carbocycles. The number of hydrogen-bond donors (Lipinski definition) is 2. The van der Waals surface area contributed by atoms with Crippen LogP contribution in [-0.2, 0) is 19.1 Å². The number of esters is 1. The van der Waals surface area contributed by atoms with Gasteiger partial charge in [0.15, 0.2) is 0 Å². The molecule has 0 aromatic rings. The lowest BCUT2D eigenvalue weighted by Gasteiger charge is -2.35. The Kier molecular flexibility index (Phi) is 7.43. The van der Waals surface area contributed by atoms with Crippen LogP contribution in [0, 0.1) is 5.92 Å². The maximum atomic E-state index is 13.1. The molecule has 2 N–H and O–H groups in total. The van der Waals surface area contributed by atoms with Crippen LogP contribution in [0.2, 0.25) is 0 Å². The van der Waals surface area contributed by atoms with Crippen LogP contribution < -0.4 is 5.32 Å². The number of hydrogen-bond acceptors (Lipinski definition) is 5. The zero-order valence-corrected chi connectivity index (χ0v) is 16.1. The first-order valence-electron chi connectivity index (χ1n) is 9.88. The normalized spacial score (nSPS) is 27.5. The van der Waals surface area contributed by atoms with Crippen LogP contribution in [0.25, 0.3) is 0 Å². The second-order valence-corrected chi connectivity index (χ2v) is 7.43. The standard InChI is InChI=1S/C19H32N2O5/c1-4-8-14(19(25)26-5-2)20-12(3)17(22)21-15-10-7-6-9-13(15)11-16(21)18(23)24/h12-16,20H,4-11H2,1-3H3,(H,23,24)/t12-,13-,14-,15+,16+/m0/s1. The molecule has 7 nitrogen and oxygen atoms in total. The van der Waals surface area contributed by atoms with Gasteiger partial charge in [0.25, 0.3) is 0 Å². The predicted octanol–water partition coefficient (Wildman–Crippen LogP) is 1.94. The molecule has 7 heteroatoms. The molecule has 2 aliphatic rings. The summed E-state index contributed by atoms with van der Waals surface area (Å²) < 4.78 is 5.09. The Bertz CT molecular complexity index is 524. The van der Waals surface area contributed by atoms with Crippen LogP contribution in [0.15, 0.2) is 0 Å². The van der Waals surface area contributed by atoms with Crippen molar-refractivity contribution in [2.45, 2.75) is 89.9 Å². The van der Waals surface area contributed by atoms with Crippen LogP contribution in [0.3, 0.4) is 0 Å². The molecule has 1 amide bonds. The molecule has 26 heavy (non-hydrogen) atoms. The van der Waals surface area contributed by atoms with Gasteiger partial charge in [0, 0.05) is 6.04 Å². The van der Waals surface area contributed by atoms with Gasteiger partial charge in [-0.2, -0.15) is 0 Å². The minimum atomic E-state index is -0.935. The topological polar surface area (TPSA) is 95.9 Å². The zero-order valence-electron chi connectivity index (χ0n) is 16.1. The van der Waals surface area contributed by atoms with Gasteiger partial charge in [-0.25, -0.2) is 4.79 Å². The first kappa shape index (κ1) is 20.7. The number of fused-ring (bicyclic) bond motifs is 1. The van der Waals surface area contributed by atoms with Crippen LogP contribution >= 0.6 is 0 Å². The molecule has 0 radical (unpaired) electrons. The van der Waals surface area contributed by atoms with E-state index < -0.39 is 24.1 Å². The van der Waals surface area contributed by atoms with Gasteiger partial charge < -0.3 is 14.7 Å². The van der Waals surface area contributed by atoms with Gasteiger partial charge >= 0.3 is 11.9 Å². The van der Waals surface area contributed by atoms with Crippen molar-refractivity contribution in [3.05, 3.63) is 0 Å². The summed E-state index contributed by atoms with van der Waals surface area (Å²) in [5.74, 6) is -1.24. The molecule has 0 bridgehead atoms. The molecule has 0 unspecified atom stereocenters. The third kappa shape index (κ3) is 4.55. The van der Waals surface area contributed by atoms with E-state index in [1.807, 2.05) is 6.92 Å². The van der Waals surface area contributed by atoms with Crippen LogP contribution in [-0.4, -0.2) is 58.6 Å². The Hall–Kier alpha value is -1.63. The van der Waals surface area contributed by atoms with Gasteiger partial charge in [-0.05, 0) is 45.4 Å². The SMILES string of the molecule is CCC[C@H](N[C@@H](C)C(=O)N1[C@@H](C(=O)O)C[C@@H]2CCCC[C@H]21)C(=O)OCC. The molecule has 2 fully saturated rings. The number of carbonyl (C=O) groups excluding carboxylic acids is 2. The average Bonchev–Trinajstić information content (AvgIpc) is 3.00. The van der Waals surface area contributed by atoms with E-state index >= 15 is 0 Å². The van der Waals surface area contributed by atoms with Crippen molar-refractivity contribution in [3.63, 3.8) is 0 Å². The first-order valence-corrected chi connectivity index (χ1v) is 9.88. The highest BCUT2D eigenvalue weighted by molar-refractivity contribution is 5.88. The summed E-state index contributed by atoms with van der Waals surface area (Å²) in [6.07, 6.45) is 5.87. The van der Waals surface area contributed by atoms with Crippen molar-refractivity contribution in [2.75, 3.05) is 6.61 Å². The predicted molar refractivity (Wildman–Crippen MR) is 96.6 cm³/mol. The molecule has 1 aliphatic heterocycles. The van der Waals surface area contributed by atoms with Gasteiger partial charge in [-0.3, -0.25) is 14.9 Å². The maximum absolute atomic E-state index is 13.1. The second-order valence-electron chi connectivity index (χ2n) is 7.43. The van der Waals surface area contributed by atoms with Crippen molar-refractivity contribution in [2.24, 2.45) is 5.92 Å². The highest BCUT2D eigenvalue weighted by atomic mass is 16.5. The van der Waals surface area contributed by atoms with E-state index in [9.17, 15) is 19.5 Å². The highest BCUT2D eigenvalue weighted by Gasteiger charge is 2.48. The van der Waals surface area contributed by atoms with Gasteiger partial charge in [0.1, 0.15) is 12.1 Å². The molecule has 0 aromatic heterocycles. The molecule has 148 valence electrons. The Labute approximate surface area is 155 Å². The average molecular weight is 368 g/mol. The fourth-order valence-corrected chi connectivity index (χ4v) is 4.39. The smallest absolute Gasteiger partial charge is 0.326 e. The molecule has 1 aliphatic carbocycles. The monoisotopic (exact) mass is 368 g/mol. The summed E-state index contributed by atoms with van der Waals surface area (Å²) >= 11 is 0. The number of ether oxygens (including phenoxy) is 1. The number of nitrogens with one attached hydrogen (secondary N) is 1. The van der Waals surface area contributed by atoms with E-state index in [1.165, 1.54) is 0 Å². The van der Waals surface area contributed by atoms with E-state index in [0.717, 1.165) is 32.1 Å². The summed E-state index contributed by atoms with van der Waals surface area (Å²) in [6.45, 7) is 5.72. The maximum Gasteiger partial charge on any atom is 0.326 e. The van der Waals surface area contributed by atoms with Crippen LogP contribution in [0.1, 0.15) is 65.7 Å². The number of rotatable bonds is 8. The van der Waals surface area contributed by atoms with E-state index in [1.54, 1.807) is 18.7 Å². The molecule has 0 spiro atoms. The molecule has 1 heterocycles. The van der Waals surface area contributed by atoms with E-state index in [4.69, 9.17) is 4.74 Å². The Morgan fingerprint density at radius 2 is 1.92 bits per heavy atom. The molecular weight excluding hydrogens is 336 g/mol. The minimum Gasteiger partial charge on any atom is -0.480 e. The lowest BCUT2D eigenvalue weighted by atomic mass is 9.84. The number of nitrogens with zero attached hydrogens (tertiary/aromatic N) is 1. The van der Waals surface area contributed by atoms with E-state index in [2.05, 4.69) is 5.32 Å². The van der Waals surface area contributed by atoms with Gasteiger partial charge in [-0.15, -0.1) is 0 Å². The van der Waals surface area contributed by atoms with E-state index in [0.29, 0.717) is 19.4 Å². The zero-order chi connectivity index (χ0) is 19.3. The number of aliphatic carboxylic acids is 1. The fourth-order valence-electron chi connectivity index (χ4n) is 4.39. The van der Waals surface area contributed by atoms with Crippen LogP contribution in [0.4, 0.5) is 0 Å². The quantitative estimate of drug-likeness (QED) is 0.636. The van der Waals surface area contributed by atoms with Crippen molar-refractivity contribution in [3.8, 4) is 0 Å². The van der Waals surface area contributed by atoms with Gasteiger partial charge in [0.2, 0.25) is 5.91 Å². The number of carbonyl (C=O) groups is 3. The summed E-state index contributed by atoms with van der Waals surface area (Å²) in [5.41, 5.74) is 0. The van der Waals surface area contributed by atoms with Crippen molar-refractivity contribution >= 4 is 17.8 Å². The van der Waals surface area contributed by atoms with Crippen molar-refractivity contribution in [1.82, 2.24) is 10.2 Å². The minimum absolute atomic E-state index is 0.00817. The largest absolute Gasteiger partial charge is 0.480 e. The second kappa shape index (κ2) is 9.35. The first-order chi connectivity index (χ1) is 12.4. The number of likely N-dealkylation sites (tertiary alicyclic amines) is 1. The Balaban J connectivity index is 2.10. The summed E-state index contributed by atoms with van der Waals surface area (Å²) in [4.78, 5) is 38.5. The van der Waals surface area contributed by atoms with Gasteiger partial charge in [-0.1, -0.05) is 26.2 Å². The lowest BCUT2D eigenvalue weighted by molar-refractivity contribution is -0.152. The Morgan fingerprint density at radius 1 is 1.23 bits per heavy atom. The van der Waals surface area contributed by atoms with Gasteiger partial charge in [0.05, 0.1) is 12.6 Å². The third-order valence-electron chi connectivity index (χ3n) is 5.60. The third-order valence-corrected chi connectivity index (χ3v) is 5.60. The molecule has 5 atom stereocenters. The number of carboxylic acids is 1. The molecular formula is C19H32N2O5. The molecule has 0 aromatic carbocycles.